The third-order valence-corrected chi connectivity index (χ3v) is 4.83. The third-order valence-electron chi connectivity index (χ3n) is 4.83. The number of rotatable bonds is 3. The largest absolute Gasteiger partial charge is 0.434 e. The zero-order valence-electron chi connectivity index (χ0n) is 12.7. The van der Waals surface area contributed by atoms with Crippen molar-refractivity contribution in [3.8, 4) is 5.75 Å². The van der Waals surface area contributed by atoms with Crippen molar-refractivity contribution in [2.24, 2.45) is 5.41 Å². The van der Waals surface area contributed by atoms with E-state index >= 15 is 0 Å². The number of nitrogens with one attached hydrogen (secondary N) is 1. The fourth-order valence-electron chi connectivity index (χ4n) is 3.44. The Morgan fingerprint density at radius 3 is 2.61 bits per heavy atom. The Labute approximate surface area is 132 Å². The van der Waals surface area contributed by atoms with Crippen molar-refractivity contribution < 1.29 is 22.7 Å². The topological polar surface area (TPSA) is 41.6 Å². The molecule has 1 spiro atoms. The summed E-state index contributed by atoms with van der Waals surface area (Å²) in [6.07, 6.45) is 2.88. The summed E-state index contributed by atoms with van der Waals surface area (Å²) in [5, 5.41) is 3.35. The van der Waals surface area contributed by atoms with Crippen LogP contribution in [0.15, 0.2) is 18.2 Å². The molecule has 0 radical (unpaired) electrons. The summed E-state index contributed by atoms with van der Waals surface area (Å²) >= 11 is 0. The van der Waals surface area contributed by atoms with Gasteiger partial charge in [-0.25, -0.2) is 4.39 Å². The second kappa shape index (κ2) is 6.39. The normalized spacial score (nSPS) is 20.3. The zero-order valence-corrected chi connectivity index (χ0v) is 12.7. The molecule has 23 heavy (non-hydrogen) atoms. The Bertz CT molecular complexity index is 579. The smallest absolute Gasteiger partial charge is 0.387 e. The first-order chi connectivity index (χ1) is 11.0. The van der Waals surface area contributed by atoms with E-state index in [9.17, 15) is 18.0 Å². The lowest BCUT2D eigenvalue weighted by Crippen LogP contribution is -2.44. The minimum absolute atomic E-state index is 0.0211. The molecule has 2 fully saturated rings. The van der Waals surface area contributed by atoms with E-state index in [1.807, 2.05) is 0 Å². The summed E-state index contributed by atoms with van der Waals surface area (Å²) in [6.45, 7) is 0.0132. The average Bonchev–Trinajstić information content (AvgIpc) is 2.95. The number of carbonyl (C=O) groups is 1. The monoisotopic (exact) mass is 328 g/mol. The standard InChI is InChI=1S/C16H19F3N2O2/c17-11-1-2-12(13(9-11)23-15(18)19)14(22)21-7-4-16(5-8-21)3-6-20-10-16/h1-2,9,15,20H,3-8,10H2. The molecule has 0 aliphatic carbocycles. The Kier molecular flexibility index (Phi) is 4.48. The van der Waals surface area contributed by atoms with E-state index in [1.165, 1.54) is 6.07 Å². The molecule has 7 heteroatoms. The molecule has 4 nitrogen and oxygen atoms in total. The van der Waals surface area contributed by atoms with Gasteiger partial charge < -0.3 is 15.0 Å². The number of nitrogens with zero attached hydrogens (tertiary/aromatic N) is 1. The highest BCUT2D eigenvalue weighted by Gasteiger charge is 2.38. The molecule has 1 aromatic rings. The molecular formula is C16H19F3N2O2. The number of ether oxygens (including phenoxy) is 1. The molecule has 1 aromatic carbocycles. The predicted molar refractivity (Wildman–Crippen MR) is 78.1 cm³/mol. The van der Waals surface area contributed by atoms with Gasteiger partial charge in [0.15, 0.2) is 0 Å². The number of piperidine rings is 1. The molecule has 2 aliphatic heterocycles. The number of hydrogen-bond donors (Lipinski definition) is 1. The summed E-state index contributed by atoms with van der Waals surface area (Å²) in [5.74, 6) is -1.51. The van der Waals surface area contributed by atoms with Crippen LogP contribution in [0.3, 0.4) is 0 Å². The minimum atomic E-state index is -3.10. The van der Waals surface area contributed by atoms with Gasteiger partial charge in [-0.15, -0.1) is 0 Å². The molecular weight excluding hydrogens is 309 g/mol. The van der Waals surface area contributed by atoms with Gasteiger partial charge in [-0.05, 0) is 43.4 Å². The first kappa shape index (κ1) is 16.1. The van der Waals surface area contributed by atoms with Gasteiger partial charge in [0.25, 0.3) is 5.91 Å². The number of carbonyl (C=O) groups excluding carboxylic acids is 1. The highest BCUT2D eigenvalue weighted by Crippen LogP contribution is 2.37. The van der Waals surface area contributed by atoms with Crippen molar-refractivity contribution in [1.29, 1.82) is 0 Å². The van der Waals surface area contributed by atoms with Crippen molar-refractivity contribution in [3.63, 3.8) is 0 Å². The van der Waals surface area contributed by atoms with Crippen molar-refractivity contribution in [2.45, 2.75) is 25.9 Å². The molecule has 1 amide bonds. The Balaban J connectivity index is 1.73. The summed E-state index contributed by atoms with van der Waals surface area (Å²) < 4.78 is 42.5. The van der Waals surface area contributed by atoms with E-state index in [2.05, 4.69) is 10.1 Å². The molecule has 0 aromatic heterocycles. The third kappa shape index (κ3) is 3.44. The van der Waals surface area contributed by atoms with Gasteiger partial charge in [0.1, 0.15) is 11.6 Å². The first-order valence-corrected chi connectivity index (χ1v) is 7.73. The van der Waals surface area contributed by atoms with Gasteiger partial charge >= 0.3 is 6.61 Å². The van der Waals surface area contributed by atoms with Crippen molar-refractivity contribution in [1.82, 2.24) is 10.2 Å². The maximum Gasteiger partial charge on any atom is 0.387 e. The zero-order chi connectivity index (χ0) is 16.4. The van der Waals surface area contributed by atoms with E-state index in [0.29, 0.717) is 13.1 Å². The quantitative estimate of drug-likeness (QED) is 0.927. The number of amides is 1. The molecule has 1 N–H and O–H groups in total. The maximum absolute atomic E-state index is 13.2. The molecule has 2 heterocycles. The Morgan fingerprint density at radius 2 is 2.00 bits per heavy atom. The van der Waals surface area contributed by atoms with Gasteiger partial charge in [-0.3, -0.25) is 4.79 Å². The molecule has 126 valence electrons. The van der Waals surface area contributed by atoms with Crippen LogP contribution in [0.2, 0.25) is 0 Å². The predicted octanol–water partition coefficient (Wildman–Crippen LogP) is 2.64. The Morgan fingerprint density at radius 1 is 1.26 bits per heavy atom. The van der Waals surface area contributed by atoms with Crippen LogP contribution in [0.5, 0.6) is 5.75 Å². The Hall–Kier alpha value is -1.76. The average molecular weight is 328 g/mol. The maximum atomic E-state index is 13.2. The van der Waals surface area contributed by atoms with Crippen molar-refractivity contribution >= 4 is 5.91 Å². The van der Waals surface area contributed by atoms with Gasteiger partial charge in [-0.2, -0.15) is 8.78 Å². The summed E-state index contributed by atoms with van der Waals surface area (Å²) in [6, 6.07) is 3.11. The lowest BCUT2D eigenvalue weighted by Gasteiger charge is -2.39. The second-order valence-corrected chi connectivity index (χ2v) is 6.24. The van der Waals surface area contributed by atoms with Crippen LogP contribution in [0.4, 0.5) is 13.2 Å². The number of benzene rings is 1. The number of likely N-dealkylation sites (tertiary alicyclic amines) is 1. The summed E-state index contributed by atoms with van der Waals surface area (Å²) in [5.41, 5.74) is 0.231. The van der Waals surface area contributed by atoms with Crippen LogP contribution in [0.1, 0.15) is 29.6 Å². The fourth-order valence-corrected chi connectivity index (χ4v) is 3.44. The summed E-state index contributed by atoms with van der Waals surface area (Å²) in [7, 11) is 0. The molecule has 2 saturated heterocycles. The van der Waals surface area contributed by atoms with Crippen LogP contribution in [0, 0.1) is 11.2 Å². The highest BCUT2D eigenvalue weighted by molar-refractivity contribution is 5.97. The number of alkyl halides is 2. The van der Waals surface area contributed by atoms with E-state index in [4.69, 9.17) is 0 Å². The lowest BCUT2D eigenvalue weighted by atomic mass is 9.78. The van der Waals surface area contributed by atoms with Gasteiger partial charge in [0.2, 0.25) is 0 Å². The molecule has 0 atom stereocenters. The van der Waals surface area contributed by atoms with Gasteiger partial charge in [-0.1, -0.05) is 0 Å². The molecule has 3 rings (SSSR count). The summed E-state index contributed by atoms with van der Waals surface area (Å²) in [4.78, 5) is 14.2. The lowest BCUT2D eigenvalue weighted by molar-refractivity contribution is -0.0504. The minimum Gasteiger partial charge on any atom is -0.434 e. The van der Waals surface area contributed by atoms with Crippen LogP contribution in [-0.4, -0.2) is 43.6 Å². The fraction of sp³-hybridized carbons (Fsp3) is 0.562. The van der Waals surface area contributed by atoms with E-state index < -0.39 is 18.2 Å². The molecule has 0 bridgehead atoms. The second-order valence-electron chi connectivity index (χ2n) is 6.24. The van der Waals surface area contributed by atoms with Crippen molar-refractivity contribution in [3.05, 3.63) is 29.6 Å². The van der Waals surface area contributed by atoms with Crippen LogP contribution < -0.4 is 10.1 Å². The highest BCUT2D eigenvalue weighted by atomic mass is 19.3. The van der Waals surface area contributed by atoms with Crippen LogP contribution in [-0.2, 0) is 0 Å². The number of hydrogen-bond acceptors (Lipinski definition) is 3. The molecule has 0 unspecified atom stereocenters. The van der Waals surface area contributed by atoms with E-state index in [0.717, 1.165) is 44.5 Å². The van der Waals surface area contributed by atoms with Crippen LogP contribution in [0.25, 0.3) is 0 Å². The van der Waals surface area contributed by atoms with Gasteiger partial charge in [0, 0.05) is 25.7 Å². The van der Waals surface area contributed by atoms with Gasteiger partial charge in [0.05, 0.1) is 5.56 Å². The van der Waals surface area contributed by atoms with E-state index in [-0.39, 0.29) is 16.9 Å². The number of halogens is 3. The SMILES string of the molecule is O=C(c1ccc(F)cc1OC(F)F)N1CCC2(CCNC2)CC1. The molecule has 0 saturated carbocycles. The molecule has 2 aliphatic rings. The van der Waals surface area contributed by atoms with Crippen molar-refractivity contribution in [2.75, 3.05) is 26.2 Å². The van der Waals surface area contributed by atoms with Crippen LogP contribution >= 0.6 is 0 Å². The van der Waals surface area contributed by atoms with E-state index in [1.54, 1.807) is 4.90 Å². The first-order valence-electron chi connectivity index (χ1n) is 7.73.